The van der Waals surface area contributed by atoms with Crippen molar-refractivity contribution in [2.24, 2.45) is 0 Å². The summed E-state index contributed by atoms with van der Waals surface area (Å²) in [7, 11) is 0. The van der Waals surface area contributed by atoms with E-state index in [4.69, 9.17) is 9.72 Å². The van der Waals surface area contributed by atoms with Crippen LogP contribution in [0.25, 0.3) is 32.9 Å². The minimum atomic E-state index is -0.911. The molecule has 0 unspecified atom stereocenters. The number of ether oxygens (including phenoxy) is 1. The molecule has 5 aliphatic heterocycles. The Morgan fingerprint density at radius 3 is 2.79 bits per heavy atom. The zero-order valence-electron chi connectivity index (χ0n) is 26.6. The number of hydrogen-bond donors (Lipinski definition) is 1. The first kappa shape index (κ1) is 30.4. The molecule has 246 valence electrons. The van der Waals surface area contributed by atoms with Gasteiger partial charge in [0, 0.05) is 44.2 Å². The monoisotopic (exact) mass is 644 g/mol. The number of nitrogens with one attached hydrogen (secondary N) is 1. The average Bonchev–Trinajstić information content (AvgIpc) is 3.58. The minimum absolute atomic E-state index is 0.0194. The molecule has 4 aromatic rings. The number of alkyl halides is 1. The molecule has 11 heteroatoms. The van der Waals surface area contributed by atoms with Gasteiger partial charge in [0.25, 0.3) is 0 Å². The van der Waals surface area contributed by atoms with E-state index in [1.807, 2.05) is 19.1 Å². The SMILES string of the molecule is C[C@@]12CCCN(C1)c1nc(OC[C@@]34CCCN3C[C@H](F)C4)nc3c(F)c(ncc13)-c1cccc3ccc(F)c(c13)CCCCC(=O)N2. The lowest BCUT2D eigenvalue weighted by Crippen LogP contribution is -2.57. The maximum Gasteiger partial charge on any atom is 0.319 e. The second-order valence-electron chi connectivity index (χ2n) is 14.1. The van der Waals surface area contributed by atoms with Gasteiger partial charge < -0.3 is 15.0 Å². The van der Waals surface area contributed by atoms with E-state index >= 15 is 8.78 Å². The average molecular weight is 645 g/mol. The number of anilines is 1. The van der Waals surface area contributed by atoms with Crippen LogP contribution >= 0.6 is 0 Å². The number of benzene rings is 2. The van der Waals surface area contributed by atoms with Gasteiger partial charge in [0.2, 0.25) is 5.91 Å². The topological polar surface area (TPSA) is 83.5 Å². The Balaban J connectivity index is 1.30. The number of amides is 1. The molecule has 9 rings (SSSR count). The lowest BCUT2D eigenvalue weighted by molar-refractivity contribution is -0.123. The Morgan fingerprint density at radius 1 is 1.04 bits per heavy atom. The first-order valence-electron chi connectivity index (χ1n) is 16.9. The molecule has 0 saturated carbocycles. The van der Waals surface area contributed by atoms with Gasteiger partial charge in [-0.05, 0) is 80.8 Å². The number of aromatic nitrogens is 3. The number of nitrogens with zero attached hydrogens (tertiary/aromatic N) is 5. The zero-order chi connectivity index (χ0) is 32.3. The summed E-state index contributed by atoms with van der Waals surface area (Å²) in [6.07, 6.45) is 6.36. The van der Waals surface area contributed by atoms with E-state index in [0.717, 1.165) is 37.6 Å². The van der Waals surface area contributed by atoms with Gasteiger partial charge >= 0.3 is 6.01 Å². The maximum atomic E-state index is 16.9. The summed E-state index contributed by atoms with van der Waals surface area (Å²) in [5, 5.41) is 5.06. The van der Waals surface area contributed by atoms with Crippen molar-refractivity contribution in [1.82, 2.24) is 25.2 Å². The third-order valence-electron chi connectivity index (χ3n) is 10.7. The van der Waals surface area contributed by atoms with Crippen molar-refractivity contribution in [3.8, 4) is 17.3 Å². The molecule has 5 aliphatic rings. The van der Waals surface area contributed by atoms with Crippen LogP contribution in [0.4, 0.5) is 19.0 Å². The number of hydrogen-bond acceptors (Lipinski definition) is 7. The van der Waals surface area contributed by atoms with E-state index < -0.39 is 23.1 Å². The molecule has 0 radical (unpaired) electrons. The van der Waals surface area contributed by atoms with Crippen LogP contribution in [-0.2, 0) is 11.2 Å². The molecule has 3 atom stereocenters. The number of rotatable bonds is 3. The fraction of sp³-hybridized carbons (Fsp3) is 0.500. The summed E-state index contributed by atoms with van der Waals surface area (Å²) in [6, 6.07) is 8.63. The van der Waals surface area contributed by atoms with E-state index in [2.05, 4.69) is 25.1 Å². The molecule has 6 bridgehead atoms. The molecule has 8 nitrogen and oxygen atoms in total. The molecule has 0 aliphatic carbocycles. The fourth-order valence-corrected chi connectivity index (χ4v) is 8.54. The summed E-state index contributed by atoms with van der Waals surface area (Å²) >= 11 is 0. The van der Waals surface area contributed by atoms with Crippen LogP contribution in [0.2, 0.25) is 0 Å². The quantitative estimate of drug-likeness (QED) is 0.281. The van der Waals surface area contributed by atoms with Gasteiger partial charge in [-0.1, -0.05) is 24.3 Å². The summed E-state index contributed by atoms with van der Waals surface area (Å²) < 4.78 is 53.2. The summed E-state index contributed by atoms with van der Waals surface area (Å²) in [6.45, 7) is 4.55. The van der Waals surface area contributed by atoms with E-state index in [9.17, 15) is 9.18 Å². The fourth-order valence-electron chi connectivity index (χ4n) is 8.54. The number of halogens is 3. The van der Waals surface area contributed by atoms with Crippen LogP contribution in [0.15, 0.2) is 36.5 Å². The first-order valence-corrected chi connectivity index (χ1v) is 16.9. The molecule has 1 N–H and O–H groups in total. The molecule has 1 amide bonds. The molecular formula is C36H39F3N6O2. The van der Waals surface area contributed by atoms with Crippen molar-refractivity contribution < 1.29 is 22.7 Å². The Bertz CT molecular complexity index is 1890. The van der Waals surface area contributed by atoms with Gasteiger partial charge in [-0.15, -0.1) is 0 Å². The van der Waals surface area contributed by atoms with Crippen molar-refractivity contribution in [1.29, 1.82) is 0 Å². The van der Waals surface area contributed by atoms with Gasteiger partial charge in [-0.2, -0.15) is 9.97 Å². The molecule has 0 spiro atoms. The highest BCUT2D eigenvalue weighted by Gasteiger charge is 2.49. The van der Waals surface area contributed by atoms with Gasteiger partial charge in [-0.25, -0.2) is 13.2 Å². The molecule has 3 saturated heterocycles. The van der Waals surface area contributed by atoms with E-state index in [-0.39, 0.29) is 35.6 Å². The summed E-state index contributed by atoms with van der Waals surface area (Å²) in [5.74, 6) is -0.575. The summed E-state index contributed by atoms with van der Waals surface area (Å²) in [5.41, 5.74) is 0.127. The van der Waals surface area contributed by atoms with E-state index in [0.29, 0.717) is 79.5 Å². The number of carbonyl (C=O) groups excluding carboxylic acids is 1. The first-order chi connectivity index (χ1) is 22.7. The highest BCUT2D eigenvalue weighted by molar-refractivity contribution is 6.01. The zero-order valence-corrected chi connectivity index (χ0v) is 26.6. The lowest BCUT2D eigenvalue weighted by atomic mass is 9.90. The third kappa shape index (κ3) is 5.36. The molecule has 2 aromatic heterocycles. The number of carbonyl (C=O) groups is 1. The molecule has 47 heavy (non-hydrogen) atoms. The standard InChI is InChI=1S/C36H39F3N6O2/c1-35-13-5-15-44(20-35)33-26-18-40-31(25-9-4-7-22-11-12-27(38)24(29(22)25)8-2-3-10-28(46)43-35)30(39)32(26)41-34(42-33)47-21-36-14-6-16-45(36)19-23(37)17-36/h4,7,9,11-12,18,23H,2-3,5-6,8,10,13-17,19-21H2,1H3,(H,43,46)/t23-,35-,36+/m1/s1. The highest BCUT2D eigenvalue weighted by Crippen LogP contribution is 2.42. The minimum Gasteiger partial charge on any atom is -0.461 e. The van der Waals surface area contributed by atoms with Gasteiger partial charge in [0.1, 0.15) is 35.6 Å². The van der Waals surface area contributed by atoms with Crippen LogP contribution in [0.5, 0.6) is 6.01 Å². The molecular weight excluding hydrogens is 605 g/mol. The van der Waals surface area contributed by atoms with Crippen molar-refractivity contribution in [3.05, 3.63) is 53.7 Å². The van der Waals surface area contributed by atoms with Crippen molar-refractivity contribution >= 4 is 33.4 Å². The second-order valence-corrected chi connectivity index (χ2v) is 14.1. The molecule has 7 heterocycles. The van der Waals surface area contributed by atoms with Crippen LogP contribution in [0.1, 0.15) is 63.9 Å². The molecule has 3 fully saturated rings. The van der Waals surface area contributed by atoms with Gasteiger partial charge in [0.05, 0.1) is 16.5 Å². The summed E-state index contributed by atoms with van der Waals surface area (Å²) in [4.78, 5) is 31.5. The van der Waals surface area contributed by atoms with E-state index in [1.54, 1.807) is 18.3 Å². The maximum absolute atomic E-state index is 16.9. The Labute approximate surface area is 271 Å². The molecule has 2 aromatic carbocycles. The van der Waals surface area contributed by atoms with Crippen molar-refractivity contribution in [3.63, 3.8) is 0 Å². The van der Waals surface area contributed by atoms with Crippen molar-refractivity contribution in [2.45, 2.75) is 82.0 Å². The smallest absolute Gasteiger partial charge is 0.319 e. The highest BCUT2D eigenvalue weighted by atomic mass is 19.1. The third-order valence-corrected chi connectivity index (χ3v) is 10.7. The van der Waals surface area contributed by atoms with Crippen LogP contribution in [0, 0.1) is 11.6 Å². The Hall–Kier alpha value is -3.99. The predicted octanol–water partition coefficient (Wildman–Crippen LogP) is 6.28. The normalized spacial score (nSPS) is 26.6. The van der Waals surface area contributed by atoms with E-state index in [1.165, 1.54) is 6.07 Å². The number of pyridine rings is 1. The lowest BCUT2D eigenvalue weighted by Gasteiger charge is -2.42. The van der Waals surface area contributed by atoms with Crippen LogP contribution in [0.3, 0.4) is 0 Å². The number of piperidine rings is 1. The van der Waals surface area contributed by atoms with Gasteiger partial charge in [0.15, 0.2) is 5.82 Å². The second kappa shape index (κ2) is 11.6. The largest absolute Gasteiger partial charge is 0.461 e. The van der Waals surface area contributed by atoms with Crippen LogP contribution < -0.4 is 15.0 Å². The number of aryl methyl sites for hydroxylation is 1. The Morgan fingerprint density at radius 2 is 1.89 bits per heavy atom. The number of fused-ring (bicyclic) bond motifs is 7. The van der Waals surface area contributed by atoms with Crippen LogP contribution in [-0.4, -0.2) is 75.8 Å². The van der Waals surface area contributed by atoms with Crippen molar-refractivity contribution in [2.75, 3.05) is 37.7 Å². The Kier molecular flexibility index (Phi) is 7.50. The van der Waals surface area contributed by atoms with Gasteiger partial charge in [-0.3, -0.25) is 14.7 Å². The predicted molar refractivity (Wildman–Crippen MR) is 174 cm³/mol.